The molecule has 144 valence electrons. The Bertz CT molecular complexity index is 770. The molecule has 1 N–H and O–H groups in total. The van der Waals surface area contributed by atoms with Gasteiger partial charge in [0.05, 0.1) is 13.2 Å². The van der Waals surface area contributed by atoms with E-state index < -0.39 is 6.10 Å². The first-order chi connectivity index (χ1) is 13.1. The smallest absolute Gasteiger partial charge is 0.261 e. The van der Waals surface area contributed by atoms with Crippen LogP contribution in [0.3, 0.4) is 0 Å². The van der Waals surface area contributed by atoms with Crippen LogP contribution in [-0.2, 0) is 17.6 Å². The van der Waals surface area contributed by atoms with Gasteiger partial charge in [-0.1, -0.05) is 25.1 Å². The fourth-order valence-corrected chi connectivity index (χ4v) is 3.59. The predicted octanol–water partition coefficient (Wildman–Crippen LogP) is 4.61. The minimum atomic E-state index is -0.565. The van der Waals surface area contributed by atoms with Crippen LogP contribution in [0.25, 0.3) is 0 Å². The molecule has 2 aromatic rings. The molecule has 0 bridgehead atoms. The highest BCUT2D eigenvalue weighted by Crippen LogP contribution is 2.26. The van der Waals surface area contributed by atoms with Gasteiger partial charge in [-0.3, -0.25) is 4.79 Å². The van der Waals surface area contributed by atoms with Gasteiger partial charge in [0, 0.05) is 0 Å². The number of benzene rings is 2. The Morgan fingerprint density at radius 1 is 1.04 bits per heavy atom. The lowest BCUT2D eigenvalue weighted by Gasteiger charge is -2.23. The molecule has 4 nitrogen and oxygen atoms in total. The summed E-state index contributed by atoms with van der Waals surface area (Å²) in [6.07, 6.45) is 5.13. The number of ether oxygens (including phenoxy) is 2. The molecular formula is C23H29NO3. The largest absolute Gasteiger partial charge is 0.497 e. The third-order valence-electron chi connectivity index (χ3n) is 5.24. The summed E-state index contributed by atoms with van der Waals surface area (Å²) in [6, 6.07) is 13.9. The van der Waals surface area contributed by atoms with Crippen molar-refractivity contribution >= 4 is 5.91 Å². The normalized spacial score (nSPS) is 15.4. The van der Waals surface area contributed by atoms with Crippen LogP contribution in [0, 0.1) is 0 Å². The van der Waals surface area contributed by atoms with Gasteiger partial charge in [-0.2, -0.15) is 0 Å². The fourth-order valence-electron chi connectivity index (χ4n) is 3.59. The molecular weight excluding hydrogens is 338 g/mol. The second kappa shape index (κ2) is 8.94. The van der Waals surface area contributed by atoms with Gasteiger partial charge in [0.1, 0.15) is 11.5 Å². The number of carbonyl (C=O) groups is 1. The molecule has 2 aromatic carbocycles. The molecule has 1 amide bonds. The summed E-state index contributed by atoms with van der Waals surface area (Å²) in [6.45, 7) is 3.87. The van der Waals surface area contributed by atoms with Gasteiger partial charge in [0.2, 0.25) is 0 Å². The number of aryl methyl sites for hydroxylation is 2. The third kappa shape index (κ3) is 4.82. The highest BCUT2D eigenvalue weighted by molar-refractivity contribution is 5.81. The highest BCUT2D eigenvalue weighted by atomic mass is 16.5. The average molecular weight is 367 g/mol. The molecule has 4 heteroatoms. The molecule has 27 heavy (non-hydrogen) atoms. The topological polar surface area (TPSA) is 47.6 Å². The van der Waals surface area contributed by atoms with E-state index in [0.717, 1.165) is 18.6 Å². The predicted molar refractivity (Wildman–Crippen MR) is 107 cm³/mol. The van der Waals surface area contributed by atoms with E-state index in [1.807, 2.05) is 24.3 Å². The quantitative estimate of drug-likeness (QED) is 0.777. The first-order valence-corrected chi connectivity index (χ1v) is 9.83. The lowest BCUT2D eigenvalue weighted by atomic mass is 9.89. The van der Waals surface area contributed by atoms with E-state index >= 15 is 0 Å². The van der Waals surface area contributed by atoms with Crippen molar-refractivity contribution in [3.05, 3.63) is 59.2 Å². The summed E-state index contributed by atoms with van der Waals surface area (Å²) >= 11 is 0. The van der Waals surface area contributed by atoms with E-state index in [1.54, 1.807) is 14.0 Å². The molecule has 2 atom stereocenters. The maximum absolute atomic E-state index is 12.6. The Morgan fingerprint density at radius 2 is 1.70 bits per heavy atom. The summed E-state index contributed by atoms with van der Waals surface area (Å²) in [5.74, 6) is 1.31. The maximum atomic E-state index is 12.6. The molecule has 2 unspecified atom stereocenters. The van der Waals surface area contributed by atoms with Crippen molar-refractivity contribution in [2.75, 3.05) is 7.11 Å². The van der Waals surface area contributed by atoms with Crippen LogP contribution >= 0.6 is 0 Å². The molecule has 1 aliphatic carbocycles. The van der Waals surface area contributed by atoms with Crippen molar-refractivity contribution in [2.45, 2.75) is 58.1 Å². The van der Waals surface area contributed by atoms with Gasteiger partial charge in [0.15, 0.2) is 6.10 Å². The van der Waals surface area contributed by atoms with Gasteiger partial charge in [-0.15, -0.1) is 0 Å². The third-order valence-corrected chi connectivity index (χ3v) is 5.24. The number of fused-ring (bicyclic) bond motifs is 1. The summed E-state index contributed by atoms with van der Waals surface area (Å²) < 4.78 is 10.9. The van der Waals surface area contributed by atoms with Crippen molar-refractivity contribution in [1.82, 2.24) is 5.32 Å². The minimum absolute atomic E-state index is 0.00615. The number of nitrogens with one attached hydrogen (secondary N) is 1. The van der Waals surface area contributed by atoms with E-state index in [4.69, 9.17) is 9.47 Å². The van der Waals surface area contributed by atoms with Gasteiger partial charge < -0.3 is 14.8 Å². The number of rotatable bonds is 7. The van der Waals surface area contributed by atoms with E-state index in [-0.39, 0.29) is 11.9 Å². The molecule has 0 saturated heterocycles. The van der Waals surface area contributed by atoms with Crippen LogP contribution in [0.1, 0.15) is 55.8 Å². The zero-order chi connectivity index (χ0) is 19.2. The first kappa shape index (κ1) is 19.3. The Balaban J connectivity index is 1.63. The Labute approximate surface area is 161 Å². The Kier molecular flexibility index (Phi) is 6.38. The Hall–Kier alpha value is -2.49. The summed E-state index contributed by atoms with van der Waals surface area (Å²) in [5.41, 5.74) is 4.08. The molecule has 0 saturated carbocycles. The van der Waals surface area contributed by atoms with Crippen molar-refractivity contribution < 1.29 is 14.3 Å². The molecule has 3 rings (SSSR count). The lowest BCUT2D eigenvalue weighted by Crippen LogP contribution is -2.38. The van der Waals surface area contributed by atoms with Crippen molar-refractivity contribution in [2.24, 2.45) is 0 Å². The number of hydrogen-bond donors (Lipinski definition) is 1. The molecule has 0 radical (unpaired) electrons. The van der Waals surface area contributed by atoms with E-state index in [9.17, 15) is 4.79 Å². The molecule has 0 spiro atoms. The van der Waals surface area contributed by atoms with Gasteiger partial charge in [-0.05, 0) is 80.0 Å². The lowest BCUT2D eigenvalue weighted by molar-refractivity contribution is -0.128. The number of carbonyl (C=O) groups excluding carboxylic acids is 1. The van der Waals surface area contributed by atoms with Gasteiger partial charge >= 0.3 is 0 Å². The van der Waals surface area contributed by atoms with Crippen LogP contribution in [-0.4, -0.2) is 19.1 Å². The molecule has 0 heterocycles. The summed E-state index contributed by atoms with van der Waals surface area (Å²) in [4.78, 5) is 12.6. The fraction of sp³-hybridized carbons (Fsp3) is 0.435. The van der Waals surface area contributed by atoms with Crippen molar-refractivity contribution in [3.8, 4) is 11.5 Å². The van der Waals surface area contributed by atoms with Crippen LogP contribution in [0.2, 0.25) is 0 Å². The van der Waals surface area contributed by atoms with Gasteiger partial charge in [0.25, 0.3) is 5.91 Å². The highest BCUT2D eigenvalue weighted by Gasteiger charge is 2.20. The van der Waals surface area contributed by atoms with E-state index in [0.29, 0.717) is 5.75 Å². The maximum Gasteiger partial charge on any atom is 0.261 e. The summed E-state index contributed by atoms with van der Waals surface area (Å²) in [7, 11) is 1.62. The second-order valence-corrected chi connectivity index (χ2v) is 7.14. The zero-order valence-corrected chi connectivity index (χ0v) is 16.5. The number of methoxy groups -OCH3 is 1. The molecule has 0 aliphatic heterocycles. The standard InChI is InChI=1S/C23H29NO3/c1-4-22(19-10-9-17-7-5-6-8-18(17)15-19)24-23(25)16(2)27-21-13-11-20(26-3)12-14-21/h9-16,22H,4-8H2,1-3H3,(H,24,25). The number of hydrogen-bond acceptors (Lipinski definition) is 3. The van der Waals surface area contributed by atoms with Crippen molar-refractivity contribution in [1.29, 1.82) is 0 Å². The van der Waals surface area contributed by atoms with Crippen molar-refractivity contribution in [3.63, 3.8) is 0 Å². The van der Waals surface area contributed by atoms with Crippen LogP contribution in [0.5, 0.6) is 11.5 Å². The minimum Gasteiger partial charge on any atom is -0.497 e. The van der Waals surface area contributed by atoms with Crippen LogP contribution in [0.15, 0.2) is 42.5 Å². The van der Waals surface area contributed by atoms with E-state index in [1.165, 1.54) is 36.0 Å². The Morgan fingerprint density at radius 3 is 2.37 bits per heavy atom. The monoisotopic (exact) mass is 367 g/mol. The number of amides is 1. The zero-order valence-electron chi connectivity index (χ0n) is 16.5. The van der Waals surface area contributed by atoms with Gasteiger partial charge in [-0.25, -0.2) is 0 Å². The molecule has 0 aromatic heterocycles. The van der Waals surface area contributed by atoms with Crippen LogP contribution in [0.4, 0.5) is 0 Å². The van der Waals surface area contributed by atoms with Crippen LogP contribution < -0.4 is 14.8 Å². The average Bonchev–Trinajstić information content (AvgIpc) is 2.72. The molecule has 1 aliphatic rings. The SMILES string of the molecule is CCC(NC(=O)C(C)Oc1ccc(OC)cc1)c1ccc2c(c1)CCCC2. The molecule has 0 fully saturated rings. The second-order valence-electron chi connectivity index (χ2n) is 7.14. The van der Waals surface area contributed by atoms with E-state index in [2.05, 4.69) is 30.4 Å². The summed E-state index contributed by atoms with van der Waals surface area (Å²) in [5, 5.41) is 3.14. The first-order valence-electron chi connectivity index (χ1n) is 9.83.